The van der Waals surface area contributed by atoms with Crippen LogP contribution in [0.25, 0.3) is 0 Å². The highest BCUT2D eigenvalue weighted by molar-refractivity contribution is 6.10. The van der Waals surface area contributed by atoms with Crippen molar-refractivity contribution in [3.8, 4) is 6.07 Å². The number of nitrogens with zero attached hydrogens (tertiary/aromatic N) is 4. The molecule has 0 fully saturated rings. The Bertz CT molecular complexity index is 1130. The number of Topliss-reactive ketones (excluding diaryl/α,β-unsaturated/α-hetero) is 1. The molecule has 6 nitrogen and oxygen atoms in total. The molecule has 0 saturated heterocycles. The summed E-state index contributed by atoms with van der Waals surface area (Å²) >= 11 is 0. The zero-order valence-corrected chi connectivity index (χ0v) is 16.7. The van der Waals surface area contributed by atoms with Gasteiger partial charge < -0.3 is 5.32 Å². The molecule has 30 heavy (non-hydrogen) atoms. The monoisotopic (exact) mass is 395 g/mol. The first-order valence-corrected chi connectivity index (χ1v) is 9.85. The van der Waals surface area contributed by atoms with E-state index in [4.69, 9.17) is 5.26 Å². The van der Waals surface area contributed by atoms with Crippen LogP contribution in [0.3, 0.4) is 0 Å². The summed E-state index contributed by atoms with van der Waals surface area (Å²) in [6, 6.07) is 17.5. The molecular weight excluding hydrogens is 374 g/mol. The van der Waals surface area contributed by atoms with E-state index in [1.54, 1.807) is 24.5 Å². The van der Waals surface area contributed by atoms with Crippen LogP contribution in [0.2, 0.25) is 0 Å². The van der Waals surface area contributed by atoms with E-state index in [9.17, 15) is 4.79 Å². The van der Waals surface area contributed by atoms with Crippen molar-refractivity contribution in [1.82, 2.24) is 9.97 Å². The first kappa shape index (κ1) is 19.5. The molecule has 3 aromatic rings. The highest BCUT2D eigenvalue weighted by Crippen LogP contribution is 2.23. The normalized spacial score (nSPS) is 13.1. The molecule has 1 aliphatic heterocycles. The van der Waals surface area contributed by atoms with Crippen molar-refractivity contribution in [2.45, 2.75) is 32.2 Å². The molecule has 0 amide bonds. The number of pyridine rings is 2. The largest absolute Gasteiger partial charge is 0.339 e. The molecule has 6 heteroatoms. The first-order chi connectivity index (χ1) is 14.6. The average molecular weight is 395 g/mol. The van der Waals surface area contributed by atoms with Crippen LogP contribution in [0.5, 0.6) is 0 Å². The Hall–Kier alpha value is -3.85. The third-order valence-corrected chi connectivity index (χ3v) is 5.13. The van der Waals surface area contributed by atoms with Crippen molar-refractivity contribution in [2.24, 2.45) is 4.99 Å². The number of carbonyl (C=O) groups excluding carboxylic acids is 1. The zero-order chi connectivity index (χ0) is 20.9. The van der Waals surface area contributed by atoms with E-state index in [1.165, 1.54) is 5.56 Å². The molecule has 3 heterocycles. The van der Waals surface area contributed by atoms with Crippen LogP contribution in [0.15, 0.2) is 65.9 Å². The minimum absolute atomic E-state index is 0.180. The SMILES string of the molecule is C[C@@H](CC(=O)Cc1cc2c(cn1)C(Nc1ccc(C#N)nc1)=NC2)c1ccccc1. The zero-order valence-electron chi connectivity index (χ0n) is 16.7. The number of aliphatic imine (C=N–C) groups is 1. The Morgan fingerprint density at radius 2 is 2.00 bits per heavy atom. The van der Waals surface area contributed by atoms with Gasteiger partial charge in [0.05, 0.1) is 18.4 Å². The maximum atomic E-state index is 12.5. The number of aromatic nitrogens is 2. The number of benzene rings is 1. The molecule has 4 rings (SSSR count). The Kier molecular flexibility index (Phi) is 5.62. The van der Waals surface area contributed by atoms with E-state index in [2.05, 4.69) is 39.3 Å². The van der Waals surface area contributed by atoms with Gasteiger partial charge in [-0.25, -0.2) is 4.98 Å². The van der Waals surface area contributed by atoms with Crippen molar-refractivity contribution in [1.29, 1.82) is 5.26 Å². The maximum absolute atomic E-state index is 12.5. The number of hydrogen-bond donors (Lipinski definition) is 1. The lowest BCUT2D eigenvalue weighted by molar-refractivity contribution is -0.118. The van der Waals surface area contributed by atoms with Crippen molar-refractivity contribution >= 4 is 17.3 Å². The summed E-state index contributed by atoms with van der Waals surface area (Å²) < 4.78 is 0. The summed E-state index contributed by atoms with van der Waals surface area (Å²) in [6.07, 6.45) is 4.20. The highest BCUT2D eigenvalue weighted by atomic mass is 16.1. The number of rotatable bonds is 6. The van der Waals surface area contributed by atoms with Crippen LogP contribution in [0, 0.1) is 11.3 Å². The van der Waals surface area contributed by atoms with Crippen LogP contribution < -0.4 is 5.32 Å². The van der Waals surface area contributed by atoms with Gasteiger partial charge in [-0.05, 0) is 35.2 Å². The van der Waals surface area contributed by atoms with E-state index in [0.717, 1.165) is 28.3 Å². The lowest BCUT2D eigenvalue weighted by atomic mass is 9.94. The standard InChI is InChI=1S/C24H21N5O/c1-16(17-5-3-2-4-6-17)9-22(30)11-21-10-18-13-28-24(23(18)15-27-21)29-20-8-7-19(12-25)26-14-20/h2-8,10,14-16H,9,11,13H2,1H3,(H,28,29)/t16-/m0/s1. The van der Waals surface area contributed by atoms with Gasteiger partial charge in [0.2, 0.25) is 0 Å². The molecule has 0 bridgehead atoms. The number of ketones is 1. The van der Waals surface area contributed by atoms with Gasteiger partial charge in [0.25, 0.3) is 0 Å². The van der Waals surface area contributed by atoms with E-state index >= 15 is 0 Å². The number of anilines is 1. The maximum Gasteiger partial charge on any atom is 0.140 e. The highest BCUT2D eigenvalue weighted by Gasteiger charge is 2.19. The average Bonchev–Trinajstić information content (AvgIpc) is 3.16. The van der Waals surface area contributed by atoms with Gasteiger partial charge in [-0.2, -0.15) is 5.26 Å². The van der Waals surface area contributed by atoms with Gasteiger partial charge in [-0.1, -0.05) is 37.3 Å². The van der Waals surface area contributed by atoms with Crippen LogP contribution in [-0.4, -0.2) is 21.6 Å². The number of carbonyl (C=O) groups is 1. The van der Waals surface area contributed by atoms with Crippen molar-refractivity contribution < 1.29 is 4.79 Å². The number of fused-ring (bicyclic) bond motifs is 1. The number of nitriles is 1. The Morgan fingerprint density at radius 1 is 1.17 bits per heavy atom. The molecule has 2 aromatic heterocycles. The molecule has 148 valence electrons. The fraction of sp³-hybridized carbons (Fsp3) is 0.208. The molecule has 0 aliphatic carbocycles. The van der Waals surface area contributed by atoms with Crippen molar-refractivity contribution in [2.75, 3.05) is 5.32 Å². The summed E-state index contributed by atoms with van der Waals surface area (Å²) in [5.41, 5.74) is 5.05. The second kappa shape index (κ2) is 8.66. The quantitative estimate of drug-likeness (QED) is 0.680. The van der Waals surface area contributed by atoms with Gasteiger partial charge in [0.1, 0.15) is 23.4 Å². The second-order valence-electron chi connectivity index (χ2n) is 7.40. The van der Waals surface area contributed by atoms with Crippen LogP contribution >= 0.6 is 0 Å². The Morgan fingerprint density at radius 3 is 2.73 bits per heavy atom. The molecule has 1 aromatic carbocycles. The van der Waals surface area contributed by atoms with Gasteiger partial charge in [-0.3, -0.25) is 14.8 Å². The summed E-state index contributed by atoms with van der Waals surface area (Å²) in [7, 11) is 0. The third kappa shape index (κ3) is 4.41. The predicted molar refractivity (Wildman–Crippen MR) is 115 cm³/mol. The van der Waals surface area contributed by atoms with Gasteiger partial charge >= 0.3 is 0 Å². The number of nitrogens with one attached hydrogen (secondary N) is 1. The summed E-state index contributed by atoms with van der Waals surface area (Å²) in [5, 5.41) is 12.1. The summed E-state index contributed by atoms with van der Waals surface area (Å²) in [6.45, 7) is 2.62. The predicted octanol–water partition coefficient (Wildman–Crippen LogP) is 4.03. The lowest BCUT2D eigenvalue weighted by Gasteiger charge is -2.11. The molecule has 0 saturated carbocycles. The third-order valence-electron chi connectivity index (χ3n) is 5.13. The van der Waals surface area contributed by atoms with E-state index in [-0.39, 0.29) is 11.7 Å². The topological polar surface area (TPSA) is 91.0 Å². The lowest BCUT2D eigenvalue weighted by Crippen LogP contribution is -2.13. The first-order valence-electron chi connectivity index (χ1n) is 9.85. The Labute approximate surface area is 175 Å². The smallest absolute Gasteiger partial charge is 0.140 e. The minimum atomic E-state index is 0.180. The fourth-order valence-electron chi connectivity index (χ4n) is 3.53. The molecular formula is C24H21N5O. The molecule has 1 N–H and O–H groups in total. The number of amidine groups is 1. The van der Waals surface area contributed by atoms with E-state index in [1.807, 2.05) is 30.3 Å². The second-order valence-corrected chi connectivity index (χ2v) is 7.40. The van der Waals surface area contributed by atoms with Gasteiger partial charge in [-0.15, -0.1) is 0 Å². The summed E-state index contributed by atoms with van der Waals surface area (Å²) in [4.78, 5) is 25.6. The fourth-order valence-corrected chi connectivity index (χ4v) is 3.53. The molecule has 0 spiro atoms. The van der Waals surface area contributed by atoms with E-state index in [0.29, 0.717) is 25.1 Å². The Balaban J connectivity index is 1.39. The van der Waals surface area contributed by atoms with Crippen LogP contribution in [0.4, 0.5) is 5.69 Å². The molecule has 1 atom stereocenters. The minimum Gasteiger partial charge on any atom is -0.339 e. The van der Waals surface area contributed by atoms with Crippen LogP contribution in [-0.2, 0) is 17.8 Å². The van der Waals surface area contributed by atoms with Gasteiger partial charge in [0.15, 0.2) is 0 Å². The van der Waals surface area contributed by atoms with Crippen molar-refractivity contribution in [3.05, 3.63) is 89.0 Å². The van der Waals surface area contributed by atoms with Crippen molar-refractivity contribution in [3.63, 3.8) is 0 Å². The summed E-state index contributed by atoms with van der Waals surface area (Å²) in [5.74, 6) is 1.09. The number of hydrogen-bond acceptors (Lipinski definition) is 6. The van der Waals surface area contributed by atoms with Gasteiger partial charge in [0, 0.05) is 30.3 Å². The van der Waals surface area contributed by atoms with E-state index < -0.39 is 0 Å². The molecule has 0 unspecified atom stereocenters. The van der Waals surface area contributed by atoms with Crippen LogP contribution in [0.1, 0.15) is 47.3 Å². The molecule has 1 aliphatic rings. The molecule has 0 radical (unpaired) electrons.